The zero-order chi connectivity index (χ0) is 12.6. The van der Waals surface area contributed by atoms with Crippen molar-refractivity contribution in [3.05, 3.63) is 20.8 Å². The van der Waals surface area contributed by atoms with Crippen LogP contribution >= 0.6 is 27.3 Å². The van der Waals surface area contributed by atoms with E-state index in [1.54, 1.807) is 0 Å². The fraction of sp³-hybridized carbons (Fsp3) is 0.583. The van der Waals surface area contributed by atoms with Crippen molar-refractivity contribution >= 4 is 33.2 Å². The summed E-state index contributed by atoms with van der Waals surface area (Å²) in [6, 6.07) is 2.77. The van der Waals surface area contributed by atoms with E-state index in [0.717, 1.165) is 22.4 Å². The lowest BCUT2D eigenvalue weighted by Gasteiger charge is -2.42. The summed E-state index contributed by atoms with van der Waals surface area (Å²) in [5, 5.41) is 1.94. The Morgan fingerprint density at radius 2 is 2.00 bits per heavy atom. The minimum atomic E-state index is 0.152. The number of carbonyl (C=O) groups excluding carboxylic acids is 1. The van der Waals surface area contributed by atoms with Crippen molar-refractivity contribution in [1.82, 2.24) is 9.80 Å². The van der Waals surface area contributed by atoms with Crippen LogP contribution in [0.4, 0.5) is 0 Å². The number of hydrogen-bond donors (Lipinski definition) is 0. The highest BCUT2D eigenvalue weighted by atomic mass is 79.9. The van der Waals surface area contributed by atoms with Gasteiger partial charge in [0.05, 0.1) is 0 Å². The Balaban J connectivity index is 2.14. The number of likely N-dealkylation sites (N-methyl/N-ethyl adjacent to an activating group) is 1. The normalized spacial score (nSPS) is 26.2. The van der Waals surface area contributed by atoms with Gasteiger partial charge in [0.15, 0.2) is 0 Å². The number of nitrogens with zero attached hydrogens (tertiary/aromatic N) is 2. The van der Waals surface area contributed by atoms with E-state index in [2.05, 4.69) is 41.7 Å². The molecule has 5 heteroatoms. The highest BCUT2D eigenvalue weighted by molar-refractivity contribution is 9.10. The van der Waals surface area contributed by atoms with Gasteiger partial charge < -0.3 is 4.90 Å². The number of thiophene rings is 1. The van der Waals surface area contributed by atoms with Gasteiger partial charge in [0, 0.05) is 29.6 Å². The topological polar surface area (TPSA) is 23.6 Å². The molecule has 1 saturated heterocycles. The highest BCUT2D eigenvalue weighted by Gasteiger charge is 2.30. The Labute approximate surface area is 115 Å². The maximum Gasteiger partial charge on any atom is 0.265 e. The predicted octanol–water partition coefficient (Wildman–Crippen LogP) is 2.68. The van der Waals surface area contributed by atoms with E-state index in [9.17, 15) is 4.79 Å². The first kappa shape index (κ1) is 13.1. The molecule has 1 aliphatic rings. The molecule has 0 radical (unpaired) electrons. The first-order chi connectivity index (χ1) is 8.00. The molecule has 0 aromatic carbocycles. The van der Waals surface area contributed by atoms with E-state index < -0.39 is 0 Å². The summed E-state index contributed by atoms with van der Waals surface area (Å²) in [5.41, 5.74) is 0. The summed E-state index contributed by atoms with van der Waals surface area (Å²) >= 11 is 4.93. The van der Waals surface area contributed by atoms with Crippen molar-refractivity contribution in [3.63, 3.8) is 0 Å². The van der Waals surface area contributed by atoms with Crippen LogP contribution in [-0.2, 0) is 0 Å². The minimum Gasteiger partial charge on any atom is -0.335 e. The molecule has 0 saturated carbocycles. The lowest BCUT2D eigenvalue weighted by Crippen LogP contribution is -2.56. The van der Waals surface area contributed by atoms with Gasteiger partial charge in [-0.2, -0.15) is 0 Å². The summed E-state index contributed by atoms with van der Waals surface area (Å²) in [5.74, 6) is 0.152. The molecule has 1 fully saturated rings. The molecule has 94 valence electrons. The average molecular weight is 317 g/mol. The summed E-state index contributed by atoms with van der Waals surface area (Å²) in [6.07, 6.45) is 0. The SMILES string of the molecule is CC1CN(C(=O)c2sccc2Br)CC(C)N1C. The maximum absolute atomic E-state index is 12.4. The second kappa shape index (κ2) is 5.08. The van der Waals surface area contributed by atoms with Gasteiger partial charge in [-0.3, -0.25) is 9.69 Å². The third-order valence-electron chi connectivity index (χ3n) is 3.46. The molecule has 2 rings (SSSR count). The zero-order valence-electron chi connectivity index (χ0n) is 10.3. The fourth-order valence-corrected chi connectivity index (χ4v) is 3.67. The summed E-state index contributed by atoms with van der Waals surface area (Å²) in [6.45, 7) is 5.95. The van der Waals surface area contributed by atoms with Gasteiger partial charge in [0.25, 0.3) is 5.91 Å². The molecule has 2 heterocycles. The van der Waals surface area contributed by atoms with Crippen LogP contribution in [-0.4, -0.2) is 47.9 Å². The number of hydrogen-bond acceptors (Lipinski definition) is 3. The van der Waals surface area contributed by atoms with Gasteiger partial charge in [-0.1, -0.05) is 0 Å². The van der Waals surface area contributed by atoms with Gasteiger partial charge in [0.1, 0.15) is 4.88 Å². The van der Waals surface area contributed by atoms with Crippen LogP contribution in [0.25, 0.3) is 0 Å². The molecule has 0 N–H and O–H groups in total. The zero-order valence-corrected chi connectivity index (χ0v) is 12.7. The van der Waals surface area contributed by atoms with Gasteiger partial charge >= 0.3 is 0 Å². The molecule has 1 aliphatic heterocycles. The molecule has 1 amide bonds. The van der Waals surface area contributed by atoms with E-state index in [0.29, 0.717) is 12.1 Å². The van der Waals surface area contributed by atoms with Crippen LogP contribution in [0.3, 0.4) is 0 Å². The smallest absolute Gasteiger partial charge is 0.265 e. The molecular formula is C12H17BrN2OS. The van der Waals surface area contributed by atoms with Gasteiger partial charge in [-0.15, -0.1) is 11.3 Å². The Bertz CT molecular complexity index is 408. The third kappa shape index (κ3) is 2.56. The van der Waals surface area contributed by atoms with E-state index in [1.165, 1.54) is 11.3 Å². The Hall–Kier alpha value is -0.390. The first-order valence-corrected chi connectivity index (χ1v) is 7.42. The molecule has 17 heavy (non-hydrogen) atoms. The summed E-state index contributed by atoms with van der Waals surface area (Å²) in [7, 11) is 2.12. The van der Waals surface area contributed by atoms with Crippen LogP contribution in [0.1, 0.15) is 23.5 Å². The summed E-state index contributed by atoms with van der Waals surface area (Å²) < 4.78 is 0.909. The number of amides is 1. The molecule has 3 nitrogen and oxygen atoms in total. The Kier molecular flexibility index (Phi) is 3.90. The molecule has 0 bridgehead atoms. The standard InChI is InChI=1S/C12H17BrN2OS/c1-8-6-15(7-9(2)14(8)3)12(16)11-10(13)4-5-17-11/h4-5,8-9H,6-7H2,1-3H3. The summed E-state index contributed by atoms with van der Waals surface area (Å²) in [4.78, 5) is 17.5. The van der Waals surface area contributed by atoms with Crippen molar-refractivity contribution in [2.24, 2.45) is 0 Å². The van der Waals surface area contributed by atoms with Crippen LogP contribution < -0.4 is 0 Å². The van der Waals surface area contributed by atoms with E-state index in [-0.39, 0.29) is 5.91 Å². The monoisotopic (exact) mass is 316 g/mol. The fourth-order valence-electron chi connectivity index (χ4n) is 2.16. The third-order valence-corrected chi connectivity index (χ3v) is 5.28. The maximum atomic E-state index is 12.4. The lowest BCUT2D eigenvalue weighted by atomic mass is 10.1. The molecule has 1 aromatic rings. The molecule has 0 spiro atoms. The van der Waals surface area contributed by atoms with Crippen LogP contribution in [0.2, 0.25) is 0 Å². The predicted molar refractivity (Wildman–Crippen MR) is 74.6 cm³/mol. The number of halogens is 1. The number of piperazine rings is 1. The second-order valence-corrected chi connectivity index (χ2v) is 6.44. The molecule has 1 aromatic heterocycles. The van der Waals surface area contributed by atoms with Crippen molar-refractivity contribution < 1.29 is 4.79 Å². The molecule has 0 aliphatic carbocycles. The number of carbonyl (C=O) groups is 1. The van der Waals surface area contributed by atoms with Crippen molar-refractivity contribution in [2.75, 3.05) is 20.1 Å². The van der Waals surface area contributed by atoms with Crippen LogP contribution in [0.5, 0.6) is 0 Å². The van der Waals surface area contributed by atoms with Crippen molar-refractivity contribution in [2.45, 2.75) is 25.9 Å². The van der Waals surface area contributed by atoms with Gasteiger partial charge in [0.2, 0.25) is 0 Å². The van der Waals surface area contributed by atoms with Gasteiger partial charge in [-0.25, -0.2) is 0 Å². The lowest BCUT2D eigenvalue weighted by molar-refractivity contribution is 0.0417. The van der Waals surface area contributed by atoms with Crippen molar-refractivity contribution in [3.8, 4) is 0 Å². The highest BCUT2D eigenvalue weighted by Crippen LogP contribution is 2.25. The molecule has 2 unspecified atom stereocenters. The van der Waals surface area contributed by atoms with Crippen LogP contribution in [0.15, 0.2) is 15.9 Å². The number of rotatable bonds is 1. The van der Waals surface area contributed by atoms with Crippen molar-refractivity contribution in [1.29, 1.82) is 0 Å². The quantitative estimate of drug-likeness (QED) is 0.795. The minimum absolute atomic E-state index is 0.152. The first-order valence-electron chi connectivity index (χ1n) is 5.75. The Morgan fingerprint density at radius 3 is 2.47 bits per heavy atom. The van der Waals surface area contributed by atoms with E-state index in [1.807, 2.05) is 16.3 Å². The van der Waals surface area contributed by atoms with E-state index >= 15 is 0 Å². The van der Waals surface area contributed by atoms with Crippen LogP contribution in [0, 0.1) is 0 Å². The second-order valence-electron chi connectivity index (χ2n) is 4.67. The largest absolute Gasteiger partial charge is 0.335 e. The molecule has 2 atom stereocenters. The van der Waals surface area contributed by atoms with Gasteiger partial charge in [-0.05, 0) is 48.3 Å². The molecular weight excluding hydrogens is 300 g/mol. The van der Waals surface area contributed by atoms with E-state index in [4.69, 9.17) is 0 Å². The Morgan fingerprint density at radius 1 is 1.41 bits per heavy atom. The average Bonchev–Trinajstić information content (AvgIpc) is 2.70.